The van der Waals surface area contributed by atoms with Crippen LogP contribution in [0.2, 0.25) is 0 Å². The number of rotatable bonds is 4. The van der Waals surface area contributed by atoms with E-state index in [-0.39, 0.29) is 11.3 Å². The van der Waals surface area contributed by atoms with Crippen LogP contribution >= 0.6 is 22.7 Å². The molecule has 0 N–H and O–H groups in total. The highest BCUT2D eigenvalue weighted by Gasteiger charge is 2.20. The van der Waals surface area contributed by atoms with Crippen molar-refractivity contribution in [3.63, 3.8) is 0 Å². The summed E-state index contributed by atoms with van der Waals surface area (Å²) in [4.78, 5) is 18.5. The molecule has 0 fully saturated rings. The molecule has 2 aromatic heterocycles. The van der Waals surface area contributed by atoms with Crippen molar-refractivity contribution in [3.05, 3.63) is 43.8 Å². The van der Waals surface area contributed by atoms with Crippen molar-refractivity contribution >= 4 is 53.8 Å². The molecule has 2 aromatic rings. The predicted octanol–water partition coefficient (Wildman–Crippen LogP) is 2.63. The first-order valence-corrected chi connectivity index (χ1v) is 9.65. The van der Waals surface area contributed by atoms with Crippen LogP contribution in [0.4, 0.5) is 18.5 Å². The summed E-state index contributed by atoms with van der Waals surface area (Å²) in [5.41, 5.74) is -0.420. The molecule has 0 atom stereocenters. The van der Waals surface area contributed by atoms with E-state index in [1.807, 2.05) is 0 Å². The molecule has 0 saturated heterocycles. The van der Waals surface area contributed by atoms with E-state index in [0.29, 0.717) is 17.4 Å². The number of nitro groups is 2. The lowest BCUT2D eigenvalue weighted by Gasteiger charge is -1.82. The molecule has 0 unspecified atom stereocenters. The highest BCUT2D eigenvalue weighted by Crippen LogP contribution is 2.28. The van der Waals surface area contributed by atoms with E-state index >= 15 is 0 Å². The van der Waals surface area contributed by atoms with Crippen LogP contribution in [0.25, 0.3) is 0 Å². The molecular formula is C8H4F2N2O8S4. The van der Waals surface area contributed by atoms with Crippen LogP contribution in [0.3, 0.4) is 0 Å². The highest BCUT2D eigenvalue weighted by atomic mass is 32.3. The van der Waals surface area contributed by atoms with Gasteiger partial charge in [-0.15, -0.1) is 11.3 Å². The minimum absolute atomic E-state index is 0.286. The Bertz CT molecular complexity index is 897. The van der Waals surface area contributed by atoms with Crippen LogP contribution in [0.1, 0.15) is 0 Å². The maximum atomic E-state index is 12.2. The van der Waals surface area contributed by atoms with Crippen LogP contribution < -0.4 is 0 Å². The molecule has 0 aliphatic heterocycles. The molecule has 0 aliphatic carbocycles. The fourth-order valence-electron chi connectivity index (χ4n) is 1.07. The van der Waals surface area contributed by atoms with Crippen molar-refractivity contribution in [2.45, 2.75) is 8.42 Å². The van der Waals surface area contributed by atoms with E-state index in [1.165, 1.54) is 0 Å². The van der Waals surface area contributed by atoms with Crippen LogP contribution in [-0.4, -0.2) is 26.7 Å². The third-order valence-electron chi connectivity index (χ3n) is 2.00. The van der Waals surface area contributed by atoms with Crippen molar-refractivity contribution < 1.29 is 34.5 Å². The van der Waals surface area contributed by atoms with Gasteiger partial charge in [-0.2, -0.15) is 16.8 Å². The molecule has 2 rings (SSSR count). The molecule has 2 heterocycles. The number of hydrogen-bond acceptors (Lipinski definition) is 10. The topological polar surface area (TPSA) is 155 Å². The number of nitrogens with zero attached hydrogens (tertiary/aromatic N) is 2. The smallest absolute Gasteiger partial charge is 0.258 e. The summed E-state index contributed by atoms with van der Waals surface area (Å²) in [5, 5.41) is 20.6. The highest BCUT2D eigenvalue weighted by molar-refractivity contribution is 7.89. The average Bonchev–Trinajstić information content (AvgIpc) is 3.08. The van der Waals surface area contributed by atoms with Crippen molar-refractivity contribution in [2.24, 2.45) is 0 Å². The lowest BCUT2D eigenvalue weighted by Crippen LogP contribution is -1.87. The lowest BCUT2D eigenvalue weighted by atomic mass is 10.6. The van der Waals surface area contributed by atoms with Crippen LogP contribution in [0.5, 0.6) is 0 Å². The van der Waals surface area contributed by atoms with Crippen LogP contribution in [0.15, 0.2) is 32.0 Å². The molecule has 0 amide bonds. The van der Waals surface area contributed by atoms with Crippen molar-refractivity contribution in [1.82, 2.24) is 0 Å². The SMILES string of the molecule is O=[N+]([O-])c1ccc(S(=O)(=O)F)s1.O=[N+]([O-])c1csc(S(=O)(=O)F)c1. The quantitative estimate of drug-likeness (QED) is 0.414. The Kier molecular flexibility index (Phi) is 6.04. The van der Waals surface area contributed by atoms with Gasteiger partial charge in [-0.3, -0.25) is 20.2 Å². The standard InChI is InChI=1S/2C4H2FNO4S2/c5-12(9,10)4-1-3(2-11-4)6(7)8;5-12(9,10)4-2-1-3(11-4)6(7)8/h2*1-2H. The zero-order chi connectivity index (χ0) is 18.7. The first kappa shape index (κ1) is 20.0. The molecular weight excluding hydrogens is 418 g/mol. The summed E-state index contributed by atoms with van der Waals surface area (Å²) in [6.45, 7) is 0. The Labute approximate surface area is 140 Å². The Morgan fingerprint density at radius 2 is 1.46 bits per heavy atom. The Morgan fingerprint density at radius 3 is 1.71 bits per heavy atom. The molecule has 10 nitrogen and oxygen atoms in total. The molecule has 0 saturated carbocycles. The monoisotopic (exact) mass is 422 g/mol. The van der Waals surface area contributed by atoms with E-state index in [9.17, 15) is 44.8 Å². The van der Waals surface area contributed by atoms with Gasteiger partial charge in [-0.25, -0.2) is 0 Å². The second kappa shape index (κ2) is 7.24. The molecule has 0 aliphatic rings. The van der Waals surface area contributed by atoms with E-state index in [4.69, 9.17) is 0 Å². The summed E-state index contributed by atoms with van der Waals surface area (Å²) in [6, 6.07) is 2.48. The first-order chi connectivity index (χ1) is 10.8. The van der Waals surface area contributed by atoms with Gasteiger partial charge in [0.2, 0.25) is 0 Å². The Balaban J connectivity index is 0.000000240. The minimum atomic E-state index is -4.80. The Morgan fingerprint density at radius 1 is 0.917 bits per heavy atom. The third-order valence-corrected chi connectivity index (χ3v) is 6.49. The van der Waals surface area contributed by atoms with Crippen LogP contribution in [-0.2, 0) is 20.4 Å². The molecule has 16 heteroatoms. The zero-order valence-corrected chi connectivity index (χ0v) is 14.1. The normalized spacial score (nSPS) is 11.4. The van der Waals surface area contributed by atoms with Crippen molar-refractivity contribution in [3.8, 4) is 0 Å². The maximum Gasteiger partial charge on any atom is 0.341 e. The molecule has 132 valence electrons. The fourth-order valence-corrected chi connectivity index (χ4v) is 3.95. The number of halogens is 2. The van der Waals surface area contributed by atoms with Gasteiger partial charge < -0.3 is 0 Å². The second-order valence-corrected chi connectivity index (χ2v) is 8.73. The van der Waals surface area contributed by atoms with Gasteiger partial charge in [-0.05, 0) is 17.4 Å². The number of hydrogen-bond donors (Lipinski definition) is 0. The van der Waals surface area contributed by atoms with E-state index in [1.54, 1.807) is 0 Å². The van der Waals surface area contributed by atoms with Gasteiger partial charge in [0, 0.05) is 12.1 Å². The first-order valence-electron chi connectivity index (χ1n) is 5.19. The lowest BCUT2D eigenvalue weighted by molar-refractivity contribution is -0.384. The van der Waals surface area contributed by atoms with Gasteiger partial charge in [0.25, 0.3) is 5.69 Å². The molecule has 0 aromatic carbocycles. The fraction of sp³-hybridized carbons (Fsp3) is 0. The molecule has 24 heavy (non-hydrogen) atoms. The third kappa shape index (κ3) is 5.55. The van der Waals surface area contributed by atoms with Crippen molar-refractivity contribution in [1.29, 1.82) is 0 Å². The average molecular weight is 422 g/mol. The summed E-state index contributed by atoms with van der Waals surface area (Å²) in [6.07, 6.45) is 0. The second-order valence-electron chi connectivity index (χ2n) is 3.61. The van der Waals surface area contributed by atoms with Gasteiger partial charge in [0.05, 0.1) is 15.2 Å². The molecule has 0 bridgehead atoms. The number of thiophene rings is 2. The van der Waals surface area contributed by atoms with E-state index in [2.05, 4.69) is 0 Å². The van der Waals surface area contributed by atoms with Gasteiger partial charge in [0.15, 0.2) is 8.42 Å². The minimum Gasteiger partial charge on any atom is -0.258 e. The summed E-state index contributed by atoms with van der Waals surface area (Å²) in [7, 11) is -9.60. The van der Waals surface area contributed by atoms with Gasteiger partial charge in [0.1, 0.15) is 0 Å². The largest absolute Gasteiger partial charge is 0.341 e. The summed E-state index contributed by atoms with van der Waals surface area (Å²) in [5.74, 6) is 0. The summed E-state index contributed by atoms with van der Waals surface area (Å²) >= 11 is 0.766. The van der Waals surface area contributed by atoms with Crippen LogP contribution in [0, 0.1) is 20.2 Å². The van der Waals surface area contributed by atoms with Crippen molar-refractivity contribution in [2.75, 3.05) is 0 Å². The van der Waals surface area contributed by atoms with E-state index in [0.717, 1.165) is 17.5 Å². The zero-order valence-electron chi connectivity index (χ0n) is 10.9. The molecule has 0 spiro atoms. The Hall–Kier alpha value is -2.04. The van der Waals surface area contributed by atoms with Gasteiger partial charge >= 0.3 is 25.4 Å². The van der Waals surface area contributed by atoms with E-state index < -0.39 is 49.4 Å². The maximum absolute atomic E-state index is 12.2. The summed E-state index contributed by atoms with van der Waals surface area (Å²) < 4.78 is 63.8. The predicted molar refractivity (Wildman–Crippen MR) is 78.5 cm³/mol. The van der Waals surface area contributed by atoms with Gasteiger partial charge in [-0.1, -0.05) is 7.77 Å². The molecule has 0 radical (unpaired) electrons.